The van der Waals surface area contributed by atoms with Crippen molar-refractivity contribution in [3.8, 4) is 0 Å². The number of pyridine rings is 1. The molecule has 2 rings (SSSR count). The van der Waals surface area contributed by atoms with Crippen LogP contribution in [0.4, 0.5) is 26.3 Å². The van der Waals surface area contributed by atoms with Gasteiger partial charge in [0.1, 0.15) is 0 Å². The molecule has 4 nitrogen and oxygen atoms in total. The molecule has 152 valence electrons. The summed E-state index contributed by atoms with van der Waals surface area (Å²) in [4.78, 5) is 23.0. The summed E-state index contributed by atoms with van der Waals surface area (Å²) in [6.45, 7) is 0.504. The quantitative estimate of drug-likeness (QED) is 0.753. The number of benzene rings is 1. The van der Waals surface area contributed by atoms with Gasteiger partial charge in [-0.15, -0.1) is 0 Å². The zero-order chi connectivity index (χ0) is 21.3. The largest absolute Gasteiger partial charge is 0.481 e. The second-order valence-corrected chi connectivity index (χ2v) is 6.27. The summed E-state index contributed by atoms with van der Waals surface area (Å²) in [6.07, 6.45) is -8.71. The number of hydrogen-bond acceptors (Lipinski definition) is 2. The van der Waals surface area contributed by atoms with Crippen LogP contribution in [0.1, 0.15) is 29.5 Å². The first kappa shape index (κ1) is 21.5. The maximum atomic E-state index is 12.9. The van der Waals surface area contributed by atoms with Crippen molar-refractivity contribution in [2.75, 3.05) is 0 Å². The molecule has 0 fully saturated rings. The second kappa shape index (κ2) is 7.69. The van der Waals surface area contributed by atoms with Gasteiger partial charge in [0.15, 0.2) is 0 Å². The van der Waals surface area contributed by atoms with Gasteiger partial charge in [-0.3, -0.25) is 9.59 Å². The van der Waals surface area contributed by atoms with E-state index in [9.17, 15) is 35.9 Å². The topological polar surface area (TPSA) is 59.3 Å². The van der Waals surface area contributed by atoms with Crippen LogP contribution in [-0.2, 0) is 17.5 Å². The van der Waals surface area contributed by atoms with Crippen molar-refractivity contribution in [2.45, 2.75) is 31.7 Å². The van der Waals surface area contributed by atoms with E-state index in [1.54, 1.807) is 0 Å². The zero-order valence-corrected chi connectivity index (χ0v) is 14.4. The number of hydrogen-bond donors (Lipinski definition) is 1. The van der Waals surface area contributed by atoms with Crippen LogP contribution < -0.4 is 5.56 Å². The summed E-state index contributed by atoms with van der Waals surface area (Å²) >= 11 is 0. The van der Waals surface area contributed by atoms with E-state index >= 15 is 0 Å². The Morgan fingerprint density at radius 3 is 2.07 bits per heavy atom. The molecule has 0 aliphatic heterocycles. The predicted octanol–water partition coefficient (Wildman–Crippen LogP) is 4.28. The first-order valence-corrected chi connectivity index (χ1v) is 7.96. The molecule has 0 bridgehead atoms. The Morgan fingerprint density at radius 2 is 1.61 bits per heavy atom. The highest BCUT2D eigenvalue weighted by molar-refractivity contribution is 5.76. The summed E-state index contributed by atoms with van der Waals surface area (Å²) in [5.74, 6) is -5.61. The van der Waals surface area contributed by atoms with Gasteiger partial charge in [-0.25, -0.2) is 0 Å². The van der Waals surface area contributed by atoms with Gasteiger partial charge in [0.25, 0.3) is 5.56 Å². The highest BCUT2D eigenvalue weighted by Crippen LogP contribution is 2.37. The Morgan fingerprint density at radius 1 is 1.04 bits per heavy atom. The van der Waals surface area contributed by atoms with Crippen LogP contribution in [0, 0.1) is 5.92 Å². The van der Waals surface area contributed by atoms with Crippen molar-refractivity contribution in [1.82, 2.24) is 4.57 Å². The number of alkyl halides is 6. The third-order valence-electron chi connectivity index (χ3n) is 4.28. The number of carbonyl (C=O) groups is 1. The van der Waals surface area contributed by atoms with Gasteiger partial charge >= 0.3 is 18.3 Å². The fourth-order valence-electron chi connectivity index (χ4n) is 2.68. The van der Waals surface area contributed by atoms with Crippen LogP contribution in [0.3, 0.4) is 0 Å². The smallest absolute Gasteiger partial charge is 0.417 e. The molecule has 2 aromatic rings. The third-order valence-corrected chi connectivity index (χ3v) is 4.28. The Bertz CT molecular complexity index is 899. The first-order valence-electron chi connectivity index (χ1n) is 7.96. The molecule has 0 saturated carbocycles. The van der Waals surface area contributed by atoms with Crippen LogP contribution in [0.2, 0.25) is 0 Å². The SMILES string of the molecule is C[C@@H]([C@@H](C(=O)O)c1ccc(Cn2cc(C(F)(F)F)ccc2=O)cc1)C(F)(F)F. The van der Waals surface area contributed by atoms with Gasteiger partial charge in [-0.2, -0.15) is 26.3 Å². The normalized spacial score (nSPS) is 14.5. The van der Waals surface area contributed by atoms with Gasteiger partial charge < -0.3 is 9.67 Å². The molecule has 0 amide bonds. The predicted molar refractivity (Wildman–Crippen MR) is 86.8 cm³/mol. The lowest BCUT2D eigenvalue weighted by Gasteiger charge is -2.23. The van der Waals surface area contributed by atoms with Crippen LogP contribution >= 0.6 is 0 Å². The van der Waals surface area contributed by atoms with Crippen molar-refractivity contribution < 1.29 is 36.2 Å². The van der Waals surface area contributed by atoms with E-state index in [-0.39, 0.29) is 12.1 Å². The molecular weight excluding hydrogens is 392 g/mol. The molecule has 1 heterocycles. The molecule has 0 radical (unpaired) electrons. The first-order chi connectivity index (χ1) is 12.8. The third kappa shape index (κ3) is 4.93. The fraction of sp³-hybridized carbons (Fsp3) is 0.333. The van der Waals surface area contributed by atoms with Gasteiger partial charge in [-0.1, -0.05) is 31.2 Å². The molecule has 1 N–H and O–H groups in total. The van der Waals surface area contributed by atoms with Gasteiger partial charge in [0.2, 0.25) is 0 Å². The van der Waals surface area contributed by atoms with E-state index in [4.69, 9.17) is 5.11 Å². The van der Waals surface area contributed by atoms with Crippen LogP contribution in [0.15, 0.2) is 47.4 Å². The van der Waals surface area contributed by atoms with Crippen LogP contribution in [-0.4, -0.2) is 21.8 Å². The number of nitrogens with zero attached hydrogens (tertiary/aromatic N) is 1. The lowest BCUT2D eigenvalue weighted by atomic mass is 9.86. The van der Waals surface area contributed by atoms with E-state index < -0.39 is 41.3 Å². The van der Waals surface area contributed by atoms with Gasteiger partial charge in [0, 0.05) is 12.3 Å². The van der Waals surface area contributed by atoms with E-state index in [2.05, 4.69) is 0 Å². The number of halogens is 6. The van der Waals surface area contributed by atoms with Gasteiger partial charge in [0.05, 0.1) is 23.9 Å². The molecule has 2 atom stereocenters. The molecule has 0 aliphatic carbocycles. The van der Waals surface area contributed by atoms with E-state index in [0.29, 0.717) is 17.8 Å². The number of aromatic nitrogens is 1. The average molecular weight is 407 g/mol. The van der Waals surface area contributed by atoms with E-state index in [1.807, 2.05) is 0 Å². The van der Waals surface area contributed by atoms with Gasteiger partial charge in [-0.05, 0) is 17.2 Å². The van der Waals surface area contributed by atoms with Crippen molar-refractivity contribution in [2.24, 2.45) is 5.92 Å². The molecular formula is C18H15F6NO3. The molecule has 10 heteroatoms. The van der Waals surface area contributed by atoms with Crippen LogP contribution in [0.25, 0.3) is 0 Å². The Kier molecular flexibility index (Phi) is 5.91. The highest BCUT2D eigenvalue weighted by atomic mass is 19.4. The maximum absolute atomic E-state index is 12.9. The van der Waals surface area contributed by atoms with E-state index in [1.165, 1.54) is 12.1 Å². The Balaban J connectivity index is 2.30. The molecule has 0 unspecified atom stereocenters. The second-order valence-electron chi connectivity index (χ2n) is 6.27. The summed E-state index contributed by atoms with van der Waals surface area (Å²) in [6, 6.07) is 6.30. The monoisotopic (exact) mass is 407 g/mol. The average Bonchev–Trinajstić information content (AvgIpc) is 2.56. The fourth-order valence-corrected chi connectivity index (χ4v) is 2.68. The summed E-state index contributed by atoms with van der Waals surface area (Å²) < 4.78 is 77.8. The lowest BCUT2D eigenvalue weighted by Crippen LogP contribution is -2.31. The lowest BCUT2D eigenvalue weighted by molar-refractivity contribution is -0.183. The maximum Gasteiger partial charge on any atom is 0.417 e. The van der Waals surface area contributed by atoms with E-state index in [0.717, 1.165) is 29.7 Å². The van der Waals surface area contributed by atoms with Crippen molar-refractivity contribution in [3.63, 3.8) is 0 Å². The minimum absolute atomic E-state index is 0.0996. The summed E-state index contributed by atoms with van der Waals surface area (Å²) in [7, 11) is 0. The molecule has 1 aromatic heterocycles. The van der Waals surface area contributed by atoms with Crippen molar-refractivity contribution >= 4 is 5.97 Å². The number of carboxylic acid groups (broad SMARTS) is 1. The molecule has 1 aromatic carbocycles. The molecule has 0 saturated heterocycles. The zero-order valence-electron chi connectivity index (χ0n) is 14.4. The summed E-state index contributed by atoms with van der Waals surface area (Å²) in [5, 5.41) is 9.16. The summed E-state index contributed by atoms with van der Waals surface area (Å²) in [5.41, 5.74) is -1.48. The van der Waals surface area contributed by atoms with Crippen molar-refractivity contribution in [3.05, 3.63) is 69.6 Å². The molecule has 0 spiro atoms. The number of aliphatic carboxylic acids is 1. The molecule has 0 aliphatic rings. The minimum atomic E-state index is -4.72. The standard InChI is InChI=1S/C18H15F6NO3/c1-10(17(19,20)21)15(16(27)28)12-4-2-11(3-5-12)8-25-9-13(18(22,23)24)6-7-14(25)26/h2-7,9-10,15H,8H2,1H3,(H,27,28)/t10-,15+/m0/s1. The number of rotatable bonds is 5. The minimum Gasteiger partial charge on any atom is -0.481 e. The van der Waals surface area contributed by atoms with Crippen molar-refractivity contribution in [1.29, 1.82) is 0 Å². The molecule has 28 heavy (non-hydrogen) atoms. The Labute approximate surface area is 155 Å². The Hall–Kier alpha value is -2.78. The van der Waals surface area contributed by atoms with Crippen LogP contribution in [0.5, 0.6) is 0 Å². The highest BCUT2D eigenvalue weighted by Gasteiger charge is 2.45. The number of carboxylic acids is 1.